The molecule has 3 aromatic carbocycles. The number of hydrogen-bond donors (Lipinski definition) is 1. The number of anilines is 1. The molecule has 0 saturated carbocycles. The Bertz CT molecular complexity index is 1170. The number of hydrogen-bond acceptors (Lipinski definition) is 4. The fourth-order valence-electron chi connectivity index (χ4n) is 3.52. The quantitative estimate of drug-likeness (QED) is 0.539. The van der Waals surface area contributed by atoms with Crippen LogP contribution >= 0.6 is 11.8 Å². The summed E-state index contributed by atoms with van der Waals surface area (Å²) in [6, 6.07) is 23.2. The van der Waals surface area contributed by atoms with Gasteiger partial charge in [0.05, 0.1) is 5.69 Å². The molecule has 1 N–H and O–H groups in total. The van der Waals surface area contributed by atoms with E-state index in [9.17, 15) is 14.0 Å². The predicted octanol–water partition coefficient (Wildman–Crippen LogP) is 5.34. The fraction of sp³-hybridized carbons (Fsp3) is 0.192. The van der Waals surface area contributed by atoms with Gasteiger partial charge in [0.2, 0.25) is 11.8 Å². The van der Waals surface area contributed by atoms with E-state index < -0.39 is 5.25 Å². The minimum atomic E-state index is -0.606. The maximum absolute atomic E-state index is 13.3. The Morgan fingerprint density at radius 1 is 1.09 bits per heavy atom. The van der Waals surface area contributed by atoms with Gasteiger partial charge in [-0.15, -0.1) is 0 Å². The van der Waals surface area contributed by atoms with Crippen LogP contribution in [0.15, 0.2) is 83.9 Å². The molecule has 5 nitrogen and oxygen atoms in total. The van der Waals surface area contributed by atoms with Gasteiger partial charge in [0, 0.05) is 18.7 Å². The third-order valence-electron chi connectivity index (χ3n) is 5.24. The van der Waals surface area contributed by atoms with E-state index in [0.29, 0.717) is 29.5 Å². The fourth-order valence-corrected chi connectivity index (χ4v) is 4.64. The van der Waals surface area contributed by atoms with Gasteiger partial charge in [0.1, 0.15) is 11.1 Å². The average Bonchev–Trinajstić information content (AvgIpc) is 2.80. The van der Waals surface area contributed by atoms with Gasteiger partial charge >= 0.3 is 0 Å². The normalized spacial score (nSPS) is 17.3. The zero-order valence-corrected chi connectivity index (χ0v) is 19.0. The Morgan fingerprint density at radius 3 is 2.58 bits per heavy atom. The van der Waals surface area contributed by atoms with Crippen molar-refractivity contribution >= 4 is 40.1 Å². The number of rotatable bonds is 6. The molecule has 1 atom stereocenters. The lowest BCUT2D eigenvalue weighted by molar-refractivity contribution is -0.129. The Morgan fingerprint density at radius 2 is 1.85 bits per heavy atom. The van der Waals surface area contributed by atoms with Crippen molar-refractivity contribution in [3.8, 4) is 0 Å². The van der Waals surface area contributed by atoms with E-state index in [-0.39, 0.29) is 24.1 Å². The number of amidine groups is 1. The molecule has 168 valence electrons. The number of amides is 2. The second kappa shape index (κ2) is 10.4. The molecule has 1 aliphatic heterocycles. The van der Waals surface area contributed by atoms with Crippen molar-refractivity contribution < 1.29 is 14.0 Å². The predicted molar refractivity (Wildman–Crippen MR) is 131 cm³/mol. The van der Waals surface area contributed by atoms with Crippen LogP contribution < -0.4 is 5.32 Å². The van der Waals surface area contributed by atoms with Gasteiger partial charge in [0.15, 0.2) is 5.17 Å². The molecular formula is C26H24FN3O2S. The lowest BCUT2D eigenvalue weighted by atomic mass is 10.1. The lowest BCUT2D eigenvalue weighted by Crippen LogP contribution is -2.46. The van der Waals surface area contributed by atoms with Gasteiger partial charge in [-0.3, -0.25) is 14.5 Å². The van der Waals surface area contributed by atoms with E-state index >= 15 is 0 Å². The van der Waals surface area contributed by atoms with Crippen molar-refractivity contribution in [1.29, 1.82) is 0 Å². The van der Waals surface area contributed by atoms with E-state index in [0.717, 1.165) is 11.1 Å². The molecule has 33 heavy (non-hydrogen) atoms. The van der Waals surface area contributed by atoms with E-state index in [1.165, 1.54) is 23.9 Å². The molecule has 3 aromatic rings. The number of nitrogens with zero attached hydrogens (tertiary/aromatic N) is 2. The first-order valence-corrected chi connectivity index (χ1v) is 11.6. The maximum atomic E-state index is 13.3. The first-order valence-electron chi connectivity index (χ1n) is 10.7. The summed E-state index contributed by atoms with van der Waals surface area (Å²) in [7, 11) is 0. The smallest absolute Gasteiger partial charge is 0.238 e. The molecule has 1 aliphatic rings. The number of halogens is 1. The molecule has 1 heterocycles. The van der Waals surface area contributed by atoms with Crippen molar-refractivity contribution in [1.82, 2.24) is 4.90 Å². The van der Waals surface area contributed by atoms with E-state index in [1.54, 1.807) is 17.0 Å². The molecule has 0 aromatic heterocycles. The van der Waals surface area contributed by atoms with E-state index in [2.05, 4.69) is 10.3 Å². The summed E-state index contributed by atoms with van der Waals surface area (Å²) in [5, 5.41) is 2.74. The topological polar surface area (TPSA) is 61.8 Å². The van der Waals surface area contributed by atoms with E-state index in [4.69, 9.17) is 0 Å². The number of thioether (sulfide) groups is 1. The molecule has 7 heteroatoms. The Labute approximate surface area is 196 Å². The molecule has 1 fully saturated rings. The van der Waals surface area contributed by atoms with Crippen LogP contribution in [0, 0.1) is 12.7 Å². The second-order valence-corrected chi connectivity index (χ2v) is 8.99. The van der Waals surface area contributed by atoms with Crippen molar-refractivity contribution in [2.24, 2.45) is 4.99 Å². The van der Waals surface area contributed by atoms with Crippen LogP contribution in [0.5, 0.6) is 0 Å². The first kappa shape index (κ1) is 22.7. The van der Waals surface area contributed by atoms with Gasteiger partial charge in [0.25, 0.3) is 0 Å². The van der Waals surface area contributed by atoms with Crippen LogP contribution in [-0.2, 0) is 16.0 Å². The Kier molecular flexibility index (Phi) is 7.19. The van der Waals surface area contributed by atoms with Crippen LogP contribution in [0.4, 0.5) is 15.8 Å². The average molecular weight is 462 g/mol. The lowest BCUT2D eigenvalue weighted by Gasteiger charge is -2.32. The van der Waals surface area contributed by atoms with Crippen molar-refractivity contribution in [3.63, 3.8) is 0 Å². The molecule has 0 radical (unpaired) electrons. The molecule has 0 spiro atoms. The summed E-state index contributed by atoms with van der Waals surface area (Å²) in [4.78, 5) is 32.2. The number of nitrogens with one attached hydrogen (secondary N) is 1. The molecule has 1 saturated heterocycles. The van der Waals surface area contributed by atoms with Gasteiger partial charge in [-0.1, -0.05) is 54.2 Å². The zero-order chi connectivity index (χ0) is 23.2. The van der Waals surface area contributed by atoms with Crippen LogP contribution in [0.1, 0.15) is 17.5 Å². The monoisotopic (exact) mass is 461 g/mol. The number of aliphatic imine (C=N–C) groups is 1. The van der Waals surface area contributed by atoms with Gasteiger partial charge in [-0.2, -0.15) is 0 Å². The molecular weight excluding hydrogens is 437 g/mol. The van der Waals surface area contributed by atoms with Crippen molar-refractivity contribution in [2.45, 2.75) is 25.0 Å². The summed E-state index contributed by atoms with van der Waals surface area (Å²) in [6.45, 7) is 2.40. The number of benzene rings is 3. The molecule has 4 rings (SSSR count). The highest BCUT2D eigenvalue weighted by molar-refractivity contribution is 8.15. The van der Waals surface area contributed by atoms with Gasteiger partial charge in [-0.25, -0.2) is 9.38 Å². The third kappa shape index (κ3) is 6.08. The molecule has 1 unspecified atom stereocenters. The first-order chi connectivity index (χ1) is 16.0. The Balaban J connectivity index is 1.55. The third-order valence-corrected chi connectivity index (χ3v) is 6.42. The number of carbonyl (C=O) groups excluding carboxylic acids is 2. The molecule has 0 bridgehead atoms. The van der Waals surface area contributed by atoms with Crippen LogP contribution in [0.3, 0.4) is 0 Å². The summed E-state index contributed by atoms with van der Waals surface area (Å²) in [6.07, 6.45) is 0.745. The summed E-state index contributed by atoms with van der Waals surface area (Å²) in [5.41, 5.74) is 3.36. The molecule has 2 amide bonds. The van der Waals surface area contributed by atoms with Crippen LogP contribution in [0.25, 0.3) is 0 Å². The van der Waals surface area contributed by atoms with Crippen LogP contribution in [0.2, 0.25) is 0 Å². The highest BCUT2D eigenvalue weighted by Crippen LogP contribution is 2.30. The standard InChI is InChI=1S/C26H24FN3O2S/c1-18-6-5-9-22(16-18)28-25(32)23-17-24(31)30(15-14-19-7-3-2-4-8-19)26(33-23)29-21-12-10-20(27)11-13-21/h2-13,16,23H,14-15,17H2,1H3,(H,28,32). The number of aryl methyl sites for hydroxylation is 1. The van der Waals surface area contributed by atoms with Gasteiger partial charge < -0.3 is 5.32 Å². The molecule has 0 aliphatic carbocycles. The van der Waals surface area contributed by atoms with Crippen molar-refractivity contribution in [2.75, 3.05) is 11.9 Å². The highest BCUT2D eigenvalue weighted by atomic mass is 32.2. The summed E-state index contributed by atoms with van der Waals surface area (Å²) in [5.74, 6) is -0.758. The van der Waals surface area contributed by atoms with E-state index in [1.807, 2.05) is 61.5 Å². The van der Waals surface area contributed by atoms with Crippen molar-refractivity contribution in [3.05, 3.63) is 95.8 Å². The highest BCUT2D eigenvalue weighted by Gasteiger charge is 2.35. The Hall–Kier alpha value is -3.45. The van der Waals surface area contributed by atoms with Gasteiger partial charge in [-0.05, 0) is 60.9 Å². The summed E-state index contributed by atoms with van der Waals surface area (Å²) < 4.78 is 13.3. The zero-order valence-electron chi connectivity index (χ0n) is 18.2. The second-order valence-electron chi connectivity index (χ2n) is 7.82. The maximum Gasteiger partial charge on any atom is 0.238 e. The minimum absolute atomic E-state index is 0.0829. The summed E-state index contributed by atoms with van der Waals surface area (Å²) >= 11 is 1.26. The van der Waals surface area contributed by atoms with Crippen LogP contribution in [-0.4, -0.2) is 33.7 Å². The minimum Gasteiger partial charge on any atom is -0.325 e. The SMILES string of the molecule is Cc1cccc(NC(=O)C2CC(=O)N(CCc3ccccc3)C(=Nc3ccc(F)cc3)S2)c1. The number of carbonyl (C=O) groups is 2. The largest absolute Gasteiger partial charge is 0.325 e.